The molecule has 0 unspecified atom stereocenters. The van der Waals surface area contributed by atoms with Gasteiger partial charge in [-0.1, -0.05) is 6.42 Å². The molecule has 110 valence electrons. The number of hydrogen-bond donors (Lipinski definition) is 2. The standard InChI is InChI=1S/C14H19NO3S2/c1-2-18-14(17)12-9-6-4-3-5-7-10(9)20-13(12)15-11(16)8-19/h19H,2-8H2,1H3,(H,15,16). The van der Waals surface area contributed by atoms with Crippen LogP contribution in [0.15, 0.2) is 0 Å². The lowest BCUT2D eigenvalue weighted by Gasteiger charge is -2.07. The van der Waals surface area contributed by atoms with Crippen molar-refractivity contribution < 1.29 is 14.3 Å². The molecule has 2 rings (SSSR count). The molecule has 0 saturated carbocycles. The molecule has 0 atom stereocenters. The first-order valence-electron chi connectivity index (χ1n) is 6.89. The van der Waals surface area contributed by atoms with Crippen molar-refractivity contribution in [1.29, 1.82) is 0 Å². The van der Waals surface area contributed by atoms with E-state index < -0.39 is 0 Å². The predicted molar refractivity (Wildman–Crippen MR) is 84.0 cm³/mol. The molecule has 0 fully saturated rings. The summed E-state index contributed by atoms with van der Waals surface area (Å²) in [6, 6.07) is 0. The monoisotopic (exact) mass is 313 g/mol. The average molecular weight is 313 g/mol. The normalized spacial score (nSPS) is 14.3. The number of hydrogen-bond acceptors (Lipinski definition) is 5. The summed E-state index contributed by atoms with van der Waals surface area (Å²) < 4.78 is 5.15. The van der Waals surface area contributed by atoms with Crippen LogP contribution in [-0.4, -0.2) is 24.2 Å². The second-order valence-corrected chi connectivity index (χ2v) is 6.12. The summed E-state index contributed by atoms with van der Waals surface area (Å²) in [5.74, 6) is -0.429. The Kier molecular flexibility index (Phi) is 5.48. The van der Waals surface area contributed by atoms with Gasteiger partial charge in [-0.15, -0.1) is 11.3 Å². The number of nitrogens with one attached hydrogen (secondary N) is 1. The highest BCUT2D eigenvalue weighted by atomic mass is 32.1. The van der Waals surface area contributed by atoms with Crippen LogP contribution in [0.1, 0.15) is 47.0 Å². The number of carbonyl (C=O) groups is 2. The second-order valence-electron chi connectivity index (χ2n) is 4.70. The third-order valence-electron chi connectivity index (χ3n) is 3.30. The first-order valence-corrected chi connectivity index (χ1v) is 8.34. The Hall–Kier alpha value is -1.01. The van der Waals surface area contributed by atoms with Gasteiger partial charge in [-0.25, -0.2) is 4.79 Å². The number of carbonyl (C=O) groups excluding carboxylic acids is 2. The van der Waals surface area contributed by atoms with E-state index in [4.69, 9.17) is 4.74 Å². The van der Waals surface area contributed by atoms with E-state index in [1.54, 1.807) is 6.92 Å². The zero-order chi connectivity index (χ0) is 14.5. The summed E-state index contributed by atoms with van der Waals surface area (Å²) in [7, 11) is 0. The molecule has 0 saturated heterocycles. The number of aryl methyl sites for hydroxylation is 1. The molecule has 1 N–H and O–H groups in total. The van der Waals surface area contributed by atoms with Crippen LogP contribution in [0.3, 0.4) is 0 Å². The van der Waals surface area contributed by atoms with Gasteiger partial charge in [0.15, 0.2) is 0 Å². The van der Waals surface area contributed by atoms with Gasteiger partial charge >= 0.3 is 5.97 Å². The smallest absolute Gasteiger partial charge is 0.341 e. The van der Waals surface area contributed by atoms with Crippen molar-refractivity contribution in [3.63, 3.8) is 0 Å². The molecule has 6 heteroatoms. The molecule has 4 nitrogen and oxygen atoms in total. The molecule has 0 bridgehead atoms. The van der Waals surface area contributed by atoms with Gasteiger partial charge in [0.05, 0.1) is 17.9 Å². The number of rotatable bonds is 4. The van der Waals surface area contributed by atoms with Gasteiger partial charge in [0, 0.05) is 4.88 Å². The maximum absolute atomic E-state index is 12.2. The van der Waals surface area contributed by atoms with E-state index >= 15 is 0 Å². The minimum absolute atomic E-state index is 0.102. The third kappa shape index (κ3) is 3.35. The van der Waals surface area contributed by atoms with E-state index in [0.717, 1.165) is 31.2 Å². The maximum Gasteiger partial charge on any atom is 0.341 e. The molecule has 1 aromatic heterocycles. The summed E-state index contributed by atoms with van der Waals surface area (Å²) in [4.78, 5) is 25.0. The van der Waals surface area contributed by atoms with Gasteiger partial charge in [-0.2, -0.15) is 12.6 Å². The number of ether oxygens (including phenoxy) is 1. The van der Waals surface area contributed by atoms with Gasteiger partial charge in [0.1, 0.15) is 5.00 Å². The van der Waals surface area contributed by atoms with E-state index in [9.17, 15) is 9.59 Å². The zero-order valence-electron chi connectivity index (χ0n) is 11.5. The topological polar surface area (TPSA) is 55.4 Å². The fourth-order valence-electron chi connectivity index (χ4n) is 2.42. The Bertz CT molecular complexity index is 511. The highest BCUT2D eigenvalue weighted by Gasteiger charge is 2.26. The van der Waals surface area contributed by atoms with Crippen molar-refractivity contribution >= 4 is 40.8 Å². The maximum atomic E-state index is 12.2. The van der Waals surface area contributed by atoms with Crippen LogP contribution in [0, 0.1) is 0 Å². The molecular formula is C14H19NO3S2. The molecule has 1 aliphatic carbocycles. The van der Waals surface area contributed by atoms with E-state index in [1.165, 1.54) is 22.6 Å². The van der Waals surface area contributed by atoms with Crippen molar-refractivity contribution in [2.75, 3.05) is 17.7 Å². The molecule has 1 aromatic rings. The van der Waals surface area contributed by atoms with Gasteiger partial charge in [0.2, 0.25) is 5.91 Å². The Morgan fingerprint density at radius 1 is 1.30 bits per heavy atom. The van der Waals surface area contributed by atoms with Crippen LogP contribution >= 0.6 is 24.0 Å². The Balaban J connectivity index is 2.39. The van der Waals surface area contributed by atoms with Crippen molar-refractivity contribution in [3.8, 4) is 0 Å². The first-order chi connectivity index (χ1) is 9.67. The molecule has 0 aliphatic heterocycles. The Labute approximate surface area is 128 Å². The van der Waals surface area contributed by atoms with Gasteiger partial charge in [-0.3, -0.25) is 4.79 Å². The van der Waals surface area contributed by atoms with Crippen molar-refractivity contribution in [1.82, 2.24) is 0 Å². The molecule has 0 radical (unpaired) electrons. The molecule has 0 spiro atoms. The molecule has 1 aliphatic rings. The summed E-state index contributed by atoms with van der Waals surface area (Å²) in [6.45, 7) is 2.12. The van der Waals surface area contributed by atoms with E-state index in [-0.39, 0.29) is 17.6 Å². The van der Waals surface area contributed by atoms with E-state index in [1.807, 2.05) is 0 Å². The lowest BCUT2D eigenvalue weighted by molar-refractivity contribution is -0.113. The van der Waals surface area contributed by atoms with Crippen LogP contribution in [0.5, 0.6) is 0 Å². The van der Waals surface area contributed by atoms with Gasteiger partial charge < -0.3 is 10.1 Å². The minimum atomic E-state index is -0.332. The fourth-order valence-corrected chi connectivity index (χ4v) is 3.79. The summed E-state index contributed by atoms with van der Waals surface area (Å²) in [6.07, 6.45) is 5.26. The van der Waals surface area contributed by atoms with Crippen LogP contribution in [-0.2, 0) is 22.4 Å². The van der Waals surface area contributed by atoms with Crippen LogP contribution in [0.25, 0.3) is 0 Å². The first kappa shape index (κ1) is 15.4. The van der Waals surface area contributed by atoms with E-state index in [2.05, 4.69) is 17.9 Å². The average Bonchev–Trinajstić information content (AvgIpc) is 2.60. The predicted octanol–water partition coefficient (Wildman–Crippen LogP) is 3.06. The lowest BCUT2D eigenvalue weighted by atomic mass is 10.1. The number of anilines is 1. The third-order valence-corrected chi connectivity index (χ3v) is 4.79. The molecule has 20 heavy (non-hydrogen) atoms. The Morgan fingerprint density at radius 3 is 2.75 bits per heavy atom. The van der Waals surface area contributed by atoms with E-state index in [0.29, 0.717) is 17.2 Å². The number of thiol groups is 1. The molecule has 0 aromatic carbocycles. The highest BCUT2D eigenvalue weighted by molar-refractivity contribution is 7.81. The SMILES string of the molecule is CCOC(=O)c1c(NC(=O)CS)sc2c1CCCCC2. The van der Waals surface area contributed by atoms with Crippen LogP contribution < -0.4 is 5.32 Å². The number of fused-ring (bicyclic) bond motifs is 1. The number of amides is 1. The van der Waals surface area contributed by atoms with Gasteiger partial charge in [0.25, 0.3) is 0 Å². The summed E-state index contributed by atoms with van der Waals surface area (Å²) in [5, 5.41) is 3.40. The molecular weight excluding hydrogens is 294 g/mol. The summed E-state index contributed by atoms with van der Waals surface area (Å²) in [5.41, 5.74) is 1.63. The quantitative estimate of drug-likeness (QED) is 0.510. The van der Waals surface area contributed by atoms with Gasteiger partial charge in [-0.05, 0) is 38.2 Å². The number of esters is 1. The minimum Gasteiger partial charge on any atom is -0.462 e. The molecule has 1 amide bonds. The summed E-state index contributed by atoms with van der Waals surface area (Å²) >= 11 is 5.46. The largest absolute Gasteiger partial charge is 0.462 e. The van der Waals surface area contributed by atoms with Crippen molar-refractivity contribution in [2.45, 2.75) is 39.0 Å². The zero-order valence-corrected chi connectivity index (χ0v) is 13.2. The number of thiophene rings is 1. The van der Waals surface area contributed by atoms with Crippen molar-refractivity contribution in [2.24, 2.45) is 0 Å². The van der Waals surface area contributed by atoms with Crippen molar-refractivity contribution in [3.05, 3.63) is 16.0 Å². The van der Waals surface area contributed by atoms with Crippen LogP contribution in [0.4, 0.5) is 5.00 Å². The molecule has 1 heterocycles. The second kappa shape index (κ2) is 7.13. The van der Waals surface area contributed by atoms with Crippen LogP contribution in [0.2, 0.25) is 0 Å². The fraction of sp³-hybridized carbons (Fsp3) is 0.571. The Morgan fingerprint density at radius 2 is 2.05 bits per heavy atom. The highest BCUT2D eigenvalue weighted by Crippen LogP contribution is 2.37. The lowest BCUT2D eigenvalue weighted by Crippen LogP contribution is -2.15.